The monoisotopic (exact) mass is 234 g/mol. The molecule has 2 aromatic rings. The summed E-state index contributed by atoms with van der Waals surface area (Å²) in [5.74, 6) is 0.659. The summed E-state index contributed by atoms with van der Waals surface area (Å²) in [6.45, 7) is 2.85. The average molecular weight is 234 g/mol. The fraction of sp³-hybridized carbons (Fsp3) is 0.333. The number of benzene rings is 1. The minimum absolute atomic E-state index is 0.193. The van der Waals surface area contributed by atoms with E-state index in [9.17, 15) is 4.39 Å². The molecule has 0 radical (unpaired) electrons. The molecule has 1 aromatic heterocycles. The largest absolute Gasteiger partial charge is 0.310 e. The van der Waals surface area contributed by atoms with Crippen LogP contribution in [0.2, 0.25) is 0 Å². The molecular formula is C12H15FN4. The van der Waals surface area contributed by atoms with Crippen molar-refractivity contribution in [1.82, 2.24) is 20.5 Å². The number of hydrogen-bond donors (Lipinski definition) is 2. The summed E-state index contributed by atoms with van der Waals surface area (Å²) in [7, 11) is 0. The third-order valence-corrected chi connectivity index (χ3v) is 2.65. The Morgan fingerprint density at radius 1 is 1.35 bits per heavy atom. The number of hydrogen-bond acceptors (Lipinski definition) is 3. The number of nitrogens with zero attached hydrogens (tertiary/aromatic N) is 2. The van der Waals surface area contributed by atoms with Crippen LogP contribution < -0.4 is 5.32 Å². The molecule has 0 saturated carbocycles. The Balaban J connectivity index is 1.81. The number of rotatable bonds is 5. The van der Waals surface area contributed by atoms with Crippen molar-refractivity contribution in [1.29, 1.82) is 0 Å². The first kappa shape index (κ1) is 11.7. The van der Waals surface area contributed by atoms with Crippen LogP contribution in [-0.4, -0.2) is 21.7 Å². The van der Waals surface area contributed by atoms with E-state index in [1.807, 2.05) is 6.92 Å². The lowest BCUT2D eigenvalue weighted by molar-refractivity contribution is 0.567. The standard InChI is InChI=1S/C12H15FN4/c1-9(10-2-4-11(13)5-3-10)14-7-6-12-15-8-16-17-12/h2-5,8-9,14H,6-7H2,1H3,(H,15,16,17)/t9-/m1/s1. The number of aromatic nitrogens is 3. The molecule has 1 aromatic carbocycles. The van der Waals surface area contributed by atoms with Crippen LogP contribution in [0.3, 0.4) is 0 Å². The van der Waals surface area contributed by atoms with Gasteiger partial charge in [-0.3, -0.25) is 5.10 Å². The van der Waals surface area contributed by atoms with Gasteiger partial charge in [-0.05, 0) is 24.6 Å². The molecule has 0 aliphatic heterocycles. The maximum absolute atomic E-state index is 12.7. The molecule has 0 spiro atoms. The van der Waals surface area contributed by atoms with Crippen LogP contribution in [0.15, 0.2) is 30.6 Å². The van der Waals surface area contributed by atoms with E-state index in [2.05, 4.69) is 20.5 Å². The molecule has 0 aliphatic carbocycles. The highest BCUT2D eigenvalue weighted by Crippen LogP contribution is 2.12. The first-order valence-electron chi connectivity index (χ1n) is 5.59. The molecule has 0 amide bonds. The lowest BCUT2D eigenvalue weighted by Gasteiger charge is -2.13. The van der Waals surface area contributed by atoms with Gasteiger partial charge in [0.2, 0.25) is 0 Å². The first-order chi connectivity index (χ1) is 8.25. The van der Waals surface area contributed by atoms with Gasteiger partial charge in [0.05, 0.1) is 0 Å². The zero-order valence-corrected chi connectivity index (χ0v) is 9.65. The van der Waals surface area contributed by atoms with Gasteiger partial charge in [-0.2, -0.15) is 5.10 Å². The number of aromatic amines is 1. The van der Waals surface area contributed by atoms with Crippen LogP contribution in [0.1, 0.15) is 24.4 Å². The summed E-state index contributed by atoms with van der Waals surface area (Å²) in [5.41, 5.74) is 1.07. The highest BCUT2D eigenvalue weighted by Gasteiger charge is 2.04. The molecule has 17 heavy (non-hydrogen) atoms. The van der Waals surface area contributed by atoms with Crippen molar-refractivity contribution < 1.29 is 4.39 Å². The highest BCUT2D eigenvalue weighted by atomic mass is 19.1. The molecule has 0 bridgehead atoms. The van der Waals surface area contributed by atoms with Crippen molar-refractivity contribution in [3.63, 3.8) is 0 Å². The third kappa shape index (κ3) is 3.35. The summed E-state index contributed by atoms with van der Waals surface area (Å²) in [5, 5.41) is 9.94. The van der Waals surface area contributed by atoms with E-state index in [4.69, 9.17) is 0 Å². The Kier molecular flexibility index (Phi) is 3.82. The Bertz CT molecular complexity index is 438. The predicted octanol–water partition coefficient (Wildman–Crippen LogP) is 1.84. The van der Waals surface area contributed by atoms with Crippen molar-refractivity contribution in [2.75, 3.05) is 6.54 Å². The van der Waals surface area contributed by atoms with Gasteiger partial charge < -0.3 is 5.32 Å². The molecule has 2 N–H and O–H groups in total. The number of H-pyrrole nitrogens is 1. The van der Waals surface area contributed by atoms with Crippen LogP contribution >= 0.6 is 0 Å². The Morgan fingerprint density at radius 3 is 2.76 bits per heavy atom. The summed E-state index contributed by atoms with van der Waals surface area (Å²) in [6, 6.07) is 6.73. The molecule has 1 atom stereocenters. The van der Waals surface area contributed by atoms with Crippen molar-refractivity contribution >= 4 is 0 Å². The van der Waals surface area contributed by atoms with E-state index < -0.39 is 0 Å². The maximum atomic E-state index is 12.7. The minimum atomic E-state index is -0.206. The van der Waals surface area contributed by atoms with E-state index in [0.717, 1.165) is 24.4 Å². The van der Waals surface area contributed by atoms with Gasteiger partial charge in [-0.15, -0.1) is 0 Å². The molecule has 1 heterocycles. The summed E-state index contributed by atoms with van der Waals surface area (Å²) in [4.78, 5) is 4.04. The van der Waals surface area contributed by atoms with Gasteiger partial charge in [0.25, 0.3) is 0 Å². The summed E-state index contributed by atoms with van der Waals surface area (Å²) in [6.07, 6.45) is 2.30. The minimum Gasteiger partial charge on any atom is -0.310 e. The van der Waals surface area contributed by atoms with Crippen LogP contribution in [0.4, 0.5) is 4.39 Å². The zero-order chi connectivity index (χ0) is 12.1. The van der Waals surface area contributed by atoms with Gasteiger partial charge in [-0.1, -0.05) is 12.1 Å². The van der Waals surface area contributed by atoms with Gasteiger partial charge in [0.15, 0.2) is 0 Å². The number of halogens is 1. The van der Waals surface area contributed by atoms with Crippen molar-refractivity contribution in [3.05, 3.63) is 47.8 Å². The third-order valence-electron chi connectivity index (χ3n) is 2.65. The smallest absolute Gasteiger partial charge is 0.137 e. The second kappa shape index (κ2) is 5.54. The zero-order valence-electron chi connectivity index (χ0n) is 9.65. The molecule has 0 saturated heterocycles. The molecule has 5 heteroatoms. The van der Waals surface area contributed by atoms with E-state index in [-0.39, 0.29) is 11.9 Å². The fourth-order valence-corrected chi connectivity index (χ4v) is 1.63. The predicted molar refractivity (Wildman–Crippen MR) is 62.9 cm³/mol. The van der Waals surface area contributed by atoms with Gasteiger partial charge in [-0.25, -0.2) is 9.37 Å². The van der Waals surface area contributed by atoms with E-state index in [1.165, 1.54) is 18.5 Å². The van der Waals surface area contributed by atoms with Crippen LogP contribution in [0.5, 0.6) is 0 Å². The normalized spacial score (nSPS) is 12.6. The summed E-state index contributed by atoms with van der Waals surface area (Å²) >= 11 is 0. The van der Waals surface area contributed by atoms with E-state index in [1.54, 1.807) is 12.1 Å². The van der Waals surface area contributed by atoms with Gasteiger partial charge in [0.1, 0.15) is 18.0 Å². The Hall–Kier alpha value is -1.75. The molecule has 4 nitrogen and oxygen atoms in total. The highest BCUT2D eigenvalue weighted by molar-refractivity contribution is 5.19. The average Bonchev–Trinajstić information content (AvgIpc) is 2.83. The van der Waals surface area contributed by atoms with Gasteiger partial charge >= 0.3 is 0 Å². The van der Waals surface area contributed by atoms with Crippen LogP contribution in [0.25, 0.3) is 0 Å². The first-order valence-corrected chi connectivity index (χ1v) is 5.59. The molecular weight excluding hydrogens is 219 g/mol. The number of nitrogens with one attached hydrogen (secondary N) is 2. The lowest BCUT2D eigenvalue weighted by atomic mass is 10.1. The van der Waals surface area contributed by atoms with Crippen molar-refractivity contribution in [2.24, 2.45) is 0 Å². The van der Waals surface area contributed by atoms with Crippen molar-refractivity contribution in [2.45, 2.75) is 19.4 Å². The molecule has 0 fully saturated rings. The lowest BCUT2D eigenvalue weighted by Crippen LogP contribution is -2.21. The second-order valence-corrected chi connectivity index (χ2v) is 3.91. The maximum Gasteiger partial charge on any atom is 0.137 e. The molecule has 90 valence electrons. The topological polar surface area (TPSA) is 53.6 Å². The molecule has 2 rings (SSSR count). The fourth-order valence-electron chi connectivity index (χ4n) is 1.63. The van der Waals surface area contributed by atoms with E-state index in [0.29, 0.717) is 0 Å². The Morgan fingerprint density at radius 2 is 2.12 bits per heavy atom. The summed E-state index contributed by atoms with van der Waals surface area (Å²) < 4.78 is 12.7. The second-order valence-electron chi connectivity index (χ2n) is 3.91. The molecule has 0 unspecified atom stereocenters. The molecule has 0 aliphatic rings. The SMILES string of the molecule is C[C@@H](NCCc1ncn[nH]1)c1ccc(F)cc1. The van der Waals surface area contributed by atoms with Crippen LogP contribution in [0, 0.1) is 5.82 Å². The van der Waals surface area contributed by atoms with E-state index >= 15 is 0 Å². The van der Waals surface area contributed by atoms with Crippen LogP contribution in [-0.2, 0) is 6.42 Å². The quantitative estimate of drug-likeness (QED) is 0.830. The Labute approximate surface area is 99.3 Å². The van der Waals surface area contributed by atoms with Crippen molar-refractivity contribution in [3.8, 4) is 0 Å². The van der Waals surface area contributed by atoms with Gasteiger partial charge in [0, 0.05) is 19.0 Å².